The van der Waals surface area contributed by atoms with Gasteiger partial charge in [-0.3, -0.25) is 0 Å². The van der Waals surface area contributed by atoms with Crippen LogP contribution >= 0.6 is 0 Å². The number of hydrogen-bond donors (Lipinski definition) is 0. The third-order valence-electron chi connectivity index (χ3n) is 24.3. The number of hydrogen-bond acceptors (Lipinski definition) is 24. The van der Waals surface area contributed by atoms with Crippen LogP contribution in [0, 0.1) is 0 Å². The summed E-state index contributed by atoms with van der Waals surface area (Å²) >= 11 is 0. The summed E-state index contributed by atoms with van der Waals surface area (Å²) in [7, 11) is 6.01. The van der Waals surface area contributed by atoms with Crippen LogP contribution in [0.15, 0.2) is 0 Å². The van der Waals surface area contributed by atoms with Crippen LogP contribution in [0.4, 0.5) is 0 Å². The quantitative estimate of drug-likeness (QED) is 0.111. The van der Waals surface area contributed by atoms with Crippen LogP contribution in [-0.2, 0) is 0 Å². The van der Waals surface area contributed by atoms with Gasteiger partial charge in [0.05, 0.1) is 0 Å². The molecule has 510 valence electrons. The summed E-state index contributed by atoms with van der Waals surface area (Å²) in [6, 6.07) is 0. The molecule has 7 aliphatic rings. The number of rotatable bonds is 27. The van der Waals surface area contributed by atoms with Gasteiger partial charge in [-0.15, -0.1) is 0 Å². The Bertz CT molecular complexity index is 2210. The van der Waals surface area contributed by atoms with Crippen molar-refractivity contribution in [3.05, 3.63) is 0 Å². The molecule has 7 aliphatic heterocycles. The summed E-state index contributed by atoms with van der Waals surface area (Å²) in [4.78, 5) is 5.23. The van der Waals surface area contributed by atoms with Crippen LogP contribution in [0.3, 0.4) is 0 Å². The first-order valence-corrected chi connectivity index (χ1v) is 38.7. The first-order chi connectivity index (χ1) is 44.6. The molecule has 0 N–H and O–H groups in total. The molecule has 0 radical (unpaired) electrons. The van der Waals surface area contributed by atoms with Gasteiger partial charge in [0.25, 0.3) is 41.9 Å². The van der Waals surface area contributed by atoms with Gasteiger partial charge in [0.15, 0.2) is 0 Å². The fourth-order valence-electron chi connectivity index (χ4n) is 20.1. The van der Waals surface area contributed by atoms with Gasteiger partial charge in [0, 0.05) is 0 Å². The fourth-order valence-corrected chi connectivity index (χ4v) is 20.1. The Hall–Kier alpha value is 0.209. The van der Waals surface area contributed by atoms with Gasteiger partial charge < -0.3 is 113 Å². The van der Waals surface area contributed by atoms with Gasteiger partial charge in [0.1, 0.15) is 0 Å². The lowest BCUT2D eigenvalue weighted by Crippen LogP contribution is -3.00. The van der Waals surface area contributed by atoms with Crippen LogP contribution < -0.4 is 0 Å². The molecular formula is C51H132B18N24. The smallest absolute Gasteiger partial charge is 0.358 e. The van der Waals surface area contributed by atoms with E-state index in [4.69, 9.17) is 0 Å². The largest absolute Gasteiger partial charge is 0.384 e. The second-order valence-corrected chi connectivity index (χ2v) is 27.5. The summed E-state index contributed by atoms with van der Waals surface area (Å²) in [6.45, 7) is 87.1. The molecule has 0 aromatic heterocycles. The summed E-state index contributed by atoms with van der Waals surface area (Å²) in [6.07, 6.45) is 0. The highest BCUT2D eigenvalue weighted by Gasteiger charge is 2.73. The second kappa shape index (κ2) is 35.4. The predicted molar refractivity (Wildman–Crippen MR) is 422 cm³/mol. The molecule has 7 heterocycles. The Labute approximate surface area is 582 Å². The van der Waals surface area contributed by atoms with E-state index in [9.17, 15) is 0 Å². The Kier molecular flexibility index (Phi) is 30.6. The zero-order valence-corrected chi connectivity index (χ0v) is 66.0. The van der Waals surface area contributed by atoms with Crippen LogP contribution in [0.25, 0.3) is 0 Å². The minimum absolute atomic E-state index is 0.0126. The van der Waals surface area contributed by atoms with Crippen LogP contribution in [0.1, 0.15) is 145 Å². The van der Waals surface area contributed by atoms with E-state index in [1.54, 1.807) is 0 Å². The third kappa shape index (κ3) is 13.7. The van der Waals surface area contributed by atoms with Crippen LogP contribution in [-0.4, -0.2) is 399 Å². The molecule has 0 unspecified atom stereocenters. The monoisotopic (exact) mass is 1280 g/mol. The van der Waals surface area contributed by atoms with Crippen molar-refractivity contribution < 1.29 is 0 Å². The van der Waals surface area contributed by atoms with E-state index in [1.807, 2.05) is 0 Å². The van der Waals surface area contributed by atoms with E-state index in [2.05, 4.69) is 321 Å². The molecule has 0 aromatic rings. The molecule has 7 fully saturated rings. The molecule has 6 bridgehead atoms. The second-order valence-electron chi connectivity index (χ2n) is 27.5. The number of nitrogens with zero attached hydrogens (tertiary/aromatic N) is 24. The van der Waals surface area contributed by atoms with E-state index in [0.29, 0.717) is 0 Å². The van der Waals surface area contributed by atoms with Crippen molar-refractivity contribution >= 4 is 127 Å². The SMILES string of the molecule is CCN(C)B1N(CC)B2N(CC)B3N(CC)B(N(CC)B4N(CC)B(C)N(CC)B(C)N4CC)N(CC)B(N3CC)N(B3N(CC)B(C)N(CC)B(C)N3CC)B3N(CC)B(C)N(CC)B(N3CC)N(B3N(CC)B(C)N(CC)B(N(C)C)N3CC)B(N1CC)N2CC. The van der Waals surface area contributed by atoms with E-state index in [0.717, 1.165) is 137 Å². The van der Waals surface area contributed by atoms with Crippen LogP contribution in [0.5, 0.6) is 0 Å². The Balaban J connectivity index is 1.80. The number of fused-ring (bicyclic) bond motifs is 6. The molecule has 0 amide bonds. The molecule has 0 aromatic carbocycles. The first kappa shape index (κ1) is 80.5. The van der Waals surface area contributed by atoms with Gasteiger partial charge in [-0.1, -0.05) is 186 Å². The predicted octanol–water partition coefficient (Wildman–Crippen LogP) is 1.16. The van der Waals surface area contributed by atoms with Gasteiger partial charge in [-0.25, -0.2) is 0 Å². The van der Waals surface area contributed by atoms with Crippen molar-refractivity contribution in [1.29, 1.82) is 0 Å². The highest BCUT2D eigenvalue weighted by molar-refractivity contribution is 7.05. The molecule has 0 saturated carbocycles. The molecular weight excluding hydrogens is 1140 g/mol. The lowest BCUT2D eigenvalue weighted by atomic mass is 9.35. The van der Waals surface area contributed by atoms with Crippen molar-refractivity contribution in [3.63, 3.8) is 0 Å². The average Bonchev–Trinajstić information content (AvgIpc) is 0.754. The van der Waals surface area contributed by atoms with Crippen molar-refractivity contribution in [1.82, 2.24) is 113 Å². The Morgan fingerprint density at radius 2 is 0.387 bits per heavy atom. The highest BCUT2D eigenvalue weighted by Crippen LogP contribution is 2.40. The Morgan fingerprint density at radius 3 is 0.688 bits per heavy atom. The van der Waals surface area contributed by atoms with Gasteiger partial charge in [-0.2, -0.15) is 0 Å². The standard InChI is InChI=1S/C51H132B18N24/c1-31-71(30)59-83(43-13)61-86(46-16)63-87(47-17)62(85(45-15)60-75(35-5)52(22)72(32-2)53(23)76(60)36-6)89(49-19)69(90(63)50-20)92(64-77(37-7)54(24)73(33-3)55(25)78(64)38-8)66-80(40-10)57(27)81(41-11)67(91(66)51-21)93(68(84(59)44-14)88(61)48-18)65-79(39-9)56(26)74(34-4)58(70(28)29)82(65)42-12/h31-51H2,1-30H3. The van der Waals surface area contributed by atoms with E-state index < -0.39 is 0 Å². The lowest BCUT2D eigenvalue weighted by Gasteiger charge is -2.70. The molecule has 24 nitrogen and oxygen atoms in total. The summed E-state index contributed by atoms with van der Waals surface area (Å²) < 4.78 is 65.1. The average molecular weight is 1280 g/mol. The topological polar surface area (TPSA) is 77.8 Å². The maximum Gasteiger partial charge on any atom is 0.384 e. The van der Waals surface area contributed by atoms with Crippen molar-refractivity contribution in [2.45, 2.75) is 186 Å². The summed E-state index contributed by atoms with van der Waals surface area (Å²) in [5.74, 6) is 0. The minimum Gasteiger partial charge on any atom is -0.358 e. The van der Waals surface area contributed by atoms with Crippen molar-refractivity contribution in [2.24, 2.45) is 0 Å². The molecule has 0 atom stereocenters. The zero-order chi connectivity index (χ0) is 69.1. The van der Waals surface area contributed by atoms with Crippen molar-refractivity contribution in [2.75, 3.05) is 159 Å². The zero-order valence-electron chi connectivity index (χ0n) is 66.0. The molecule has 0 spiro atoms. The van der Waals surface area contributed by atoms with Gasteiger partial charge in [-0.05, 0) is 159 Å². The van der Waals surface area contributed by atoms with Crippen molar-refractivity contribution in [3.8, 4) is 0 Å². The van der Waals surface area contributed by atoms with Gasteiger partial charge in [0.2, 0.25) is 0 Å². The molecule has 7 rings (SSSR count). The molecule has 0 aliphatic carbocycles. The maximum atomic E-state index is 3.20. The Morgan fingerprint density at radius 1 is 0.194 bits per heavy atom. The molecule has 7 saturated heterocycles. The fraction of sp³-hybridized carbons (Fsp3) is 1.00. The first-order valence-electron chi connectivity index (χ1n) is 38.7. The molecule has 93 heavy (non-hydrogen) atoms. The van der Waals surface area contributed by atoms with Gasteiger partial charge >= 0.3 is 85.4 Å². The summed E-state index contributed by atoms with van der Waals surface area (Å²) in [5.41, 5.74) is 0. The molecule has 42 heteroatoms. The van der Waals surface area contributed by atoms with E-state index in [1.165, 1.54) is 0 Å². The minimum atomic E-state index is -0.185. The van der Waals surface area contributed by atoms with E-state index >= 15 is 0 Å². The summed E-state index contributed by atoms with van der Waals surface area (Å²) in [5, 5.41) is 0. The normalized spacial score (nSPS) is 23.7. The third-order valence-corrected chi connectivity index (χ3v) is 24.3. The van der Waals surface area contributed by atoms with Crippen LogP contribution in [0.2, 0.25) is 40.9 Å². The van der Waals surface area contributed by atoms with E-state index in [-0.39, 0.29) is 127 Å². The highest BCUT2D eigenvalue weighted by atomic mass is 15.6. The lowest BCUT2D eigenvalue weighted by molar-refractivity contribution is 0.295. The maximum absolute atomic E-state index is 3.20.